The van der Waals surface area contributed by atoms with Gasteiger partial charge in [0.1, 0.15) is 0 Å². The maximum absolute atomic E-state index is 12.5. The molecule has 1 unspecified atom stereocenters. The van der Waals surface area contributed by atoms with Gasteiger partial charge in [-0.05, 0) is 44.4 Å². The van der Waals surface area contributed by atoms with E-state index in [-0.39, 0.29) is 11.9 Å². The fourth-order valence-electron chi connectivity index (χ4n) is 2.67. The molecular formula is C15H20N2O3S2. The molecule has 1 atom stereocenters. The predicted molar refractivity (Wildman–Crippen MR) is 90.1 cm³/mol. The largest absolute Gasteiger partial charge is 0.378 e. The third kappa shape index (κ3) is 3.26. The van der Waals surface area contributed by atoms with Gasteiger partial charge < -0.3 is 4.74 Å². The summed E-state index contributed by atoms with van der Waals surface area (Å²) < 4.78 is 32.9. The molecule has 1 saturated heterocycles. The lowest BCUT2D eigenvalue weighted by Gasteiger charge is -2.20. The van der Waals surface area contributed by atoms with Gasteiger partial charge in [0.25, 0.3) is 0 Å². The molecule has 0 spiro atoms. The molecule has 1 aromatic heterocycles. The highest BCUT2D eigenvalue weighted by Gasteiger charge is 2.23. The zero-order valence-corrected chi connectivity index (χ0v) is 14.4. The minimum absolute atomic E-state index is 0.0924. The van der Waals surface area contributed by atoms with E-state index in [0.717, 1.165) is 34.7 Å². The average molecular weight is 340 g/mol. The van der Waals surface area contributed by atoms with Gasteiger partial charge in [-0.3, -0.25) is 4.31 Å². The molecule has 2 heterocycles. The highest BCUT2D eigenvalue weighted by Crippen LogP contribution is 2.28. The molecule has 1 aromatic carbocycles. The van der Waals surface area contributed by atoms with Gasteiger partial charge in [0.15, 0.2) is 0 Å². The number of aryl methyl sites for hydroxylation is 1. The second-order valence-corrected chi connectivity index (χ2v) is 8.95. The first-order valence-electron chi connectivity index (χ1n) is 7.41. The number of thiazole rings is 1. The number of benzene rings is 1. The normalized spacial score (nSPS) is 18.9. The molecule has 0 aliphatic carbocycles. The molecule has 0 amide bonds. The Balaban J connectivity index is 1.75. The molecule has 22 heavy (non-hydrogen) atoms. The minimum atomic E-state index is -3.33. The lowest BCUT2D eigenvalue weighted by molar-refractivity contribution is 0.109. The summed E-state index contributed by atoms with van der Waals surface area (Å²) in [5.74, 6) is 0.119. The van der Waals surface area contributed by atoms with E-state index >= 15 is 0 Å². The number of aromatic nitrogens is 1. The topological polar surface area (TPSA) is 59.5 Å². The van der Waals surface area contributed by atoms with E-state index < -0.39 is 10.0 Å². The second kappa shape index (κ2) is 6.14. The van der Waals surface area contributed by atoms with Crippen molar-refractivity contribution < 1.29 is 13.2 Å². The summed E-state index contributed by atoms with van der Waals surface area (Å²) in [6.07, 6.45) is 2.65. The van der Waals surface area contributed by atoms with Gasteiger partial charge in [-0.1, -0.05) is 0 Å². The van der Waals surface area contributed by atoms with Gasteiger partial charge in [0.2, 0.25) is 10.0 Å². The summed E-state index contributed by atoms with van der Waals surface area (Å²) in [5, 5.41) is 0.982. The Morgan fingerprint density at radius 3 is 3.00 bits per heavy atom. The first-order chi connectivity index (χ1) is 10.5. The van der Waals surface area contributed by atoms with Crippen LogP contribution in [0.3, 0.4) is 0 Å². The molecule has 120 valence electrons. The molecule has 0 bridgehead atoms. The third-order valence-corrected chi connectivity index (χ3v) is 6.71. The number of hydrogen-bond acceptors (Lipinski definition) is 5. The van der Waals surface area contributed by atoms with Crippen molar-refractivity contribution in [1.29, 1.82) is 0 Å². The van der Waals surface area contributed by atoms with Crippen LogP contribution in [-0.4, -0.2) is 38.9 Å². The van der Waals surface area contributed by atoms with Gasteiger partial charge in [-0.25, -0.2) is 13.4 Å². The number of sulfonamides is 1. The van der Waals surface area contributed by atoms with E-state index in [4.69, 9.17) is 4.74 Å². The third-order valence-electron chi connectivity index (χ3n) is 3.98. The van der Waals surface area contributed by atoms with Crippen molar-refractivity contribution in [2.75, 3.05) is 23.7 Å². The number of nitrogens with zero attached hydrogens (tertiary/aromatic N) is 2. The molecule has 1 aliphatic rings. The smallest absolute Gasteiger partial charge is 0.234 e. The fourth-order valence-corrected chi connectivity index (χ4v) is 4.80. The minimum Gasteiger partial charge on any atom is -0.378 e. The Bertz CT molecular complexity index is 764. The first kappa shape index (κ1) is 15.7. The Labute approximate surface area is 135 Å². The van der Waals surface area contributed by atoms with Crippen LogP contribution in [0.5, 0.6) is 0 Å². The van der Waals surface area contributed by atoms with Crippen LogP contribution >= 0.6 is 11.3 Å². The van der Waals surface area contributed by atoms with Crippen molar-refractivity contribution in [2.45, 2.75) is 32.3 Å². The van der Waals surface area contributed by atoms with Gasteiger partial charge in [-0.2, -0.15) is 0 Å². The Morgan fingerprint density at radius 2 is 2.27 bits per heavy atom. The summed E-state index contributed by atoms with van der Waals surface area (Å²) in [5.41, 5.74) is 1.60. The molecular weight excluding hydrogens is 320 g/mol. The molecule has 1 fully saturated rings. The van der Waals surface area contributed by atoms with Crippen LogP contribution in [0.4, 0.5) is 5.69 Å². The van der Waals surface area contributed by atoms with Crippen LogP contribution in [0.25, 0.3) is 10.2 Å². The van der Waals surface area contributed by atoms with E-state index in [2.05, 4.69) is 4.98 Å². The van der Waals surface area contributed by atoms with Crippen molar-refractivity contribution in [2.24, 2.45) is 0 Å². The Morgan fingerprint density at radius 1 is 1.45 bits per heavy atom. The molecule has 0 saturated carbocycles. The quantitative estimate of drug-likeness (QED) is 0.840. The lowest BCUT2D eigenvalue weighted by atomic mass is 10.2. The van der Waals surface area contributed by atoms with Crippen molar-refractivity contribution in [1.82, 2.24) is 4.98 Å². The van der Waals surface area contributed by atoms with Crippen LogP contribution in [0.15, 0.2) is 18.2 Å². The first-order valence-corrected chi connectivity index (χ1v) is 9.84. The van der Waals surface area contributed by atoms with E-state index in [1.807, 2.05) is 25.1 Å². The molecule has 3 rings (SSSR count). The van der Waals surface area contributed by atoms with Crippen LogP contribution in [0.1, 0.15) is 24.3 Å². The SMILES string of the molecule is Cc1nc2ccc(N(C)S(=O)(=O)CCC3CCCO3)cc2s1. The van der Waals surface area contributed by atoms with Crippen molar-refractivity contribution >= 4 is 37.3 Å². The Kier molecular flexibility index (Phi) is 4.38. The zero-order chi connectivity index (χ0) is 15.7. The van der Waals surface area contributed by atoms with Crippen LogP contribution in [-0.2, 0) is 14.8 Å². The summed E-state index contributed by atoms with van der Waals surface area (Å²) in [6, 6.07) is 5.58. The maximum Gasteiger partial charge on any atom is 0.234 e. The number of anilines is 1. The molecule has 7 heteroatoms. The van der Waals surface area contributed by atoms with Crippen molar-refractivity contribution in [3.05, 3.63) is 23.2 Å². The predicted octanol–water partition coefficient (Wildman–Crippen LogP) is 2.94. The van der Waals surface area contributed by atoms with Gasteiger partial charge in [0.05, 0.1) is 32.8 Å². The molecule has 2 aromatic rings. The van der Waals surface area contributed by atoms with Crippen LogP contribution in [0.2, 0.25) is 0 Å². The average Bonchev–Trinajstić information content (AvgIpc) is 3.11. The van der Waals surface area contributed by atoms with Crippen LogP contribution < -0.4 is 4.31 Å². The molecule has 5 nitrogen and oxygen atoms in total. The van der Waals surface area contributed by atoms with E-state index in [1.165, 1.54) is 4.31 Å². The monoisotopic (exact) mass is 340 g/mol. The Hall–Kier alpha value is -1.18. The maximum atomic E-state index is 12.5. The highest BCUT2D eigenvalue weighted by molar-refractivity contribution is 7.92. The van der Waals surface area contributed by atoms with Gasteiger partial charge >= 0.3 is 0 Å². The molecule has 1 aliphatic heterocycles. The summed E-state index contributed by atoms with van der Waals surface area (Å²) in [7, 11) is -1.71. The number of fused-ring (bicyclic) bond motifs is 1. The van der Waals surface area contributed by atoms with Gasteiger partial charge in [0, 0.05) is 13.7 Å². The second-order valence-electron chi connectivity index (χ2n) is 5.59. The highest BCUT2D eigenvalue weighted by atomic mass is 32.2. The van der Waals surface area contributed by atoms with E-state index in [1.54, 1.807) is 18.4 Å². The lowest BCUT2D eigenvalue weighted by Crippen LogP contribution is -2.30. The van der Waals surface area contributed by atoms with E-state index in [9.17, 15) is 8.42 Å². The summed E-state index contributed by atoms with van der Waals surface area (Å²) in [6.45, 7) is 2.70. The standard InChI is InChI=1S/C15H20N2O3S2/c1-11-16-14-6-5-12(10-15(14)21-11)17(2)22(18,19)9-7-13-4-3-8-20-13/h5-6,10,13H,3-4,7-9H2,1-2H3. The summed E-state index contributed by atoms with van der Waals surface area (Å²) >= 11 is 1.58. The summed E-state index contributed by atoms with van der Waals surface area (Å²) in [4.78, 5) is 4.40. The van der Waals surface area contributed by atoms with Crippen molar-refractivity contribution in [3.63, 3.8) is 0 Å². The number of hydrogen-bond donors (Lipinski definition) is 0. The number of ether oxygens (including phenoxy) is 1. The van der Waals surface area contributed by atoms with Gasteiger partial charge in [-0.15, -0.1) is 11.3 Å². The van der Waals surface area contributed by atoms with Crippen LogP contribution in [0, 0.1) is 6.92 Å². The number of rotatable bonds is 5. The molecule has 0 N–H and O–H groups in total. The molecule has 0 radical (unpaired) electrons. The van der Waals surface area contributed by atoms with Crippen molar-refractivity contribution in [3.8, 4) is 0 Å². The zero-order valence-electron chi connectivity index (χ0n) is 12.8. The fraction of sp³-hybridized carbons (Fsp3) is 0.533. The van der Waals surface area contributed by atoms with E-state index in [0.29, 0.717) is 12.1 Å².